The number of nitrogens with zero attached hydrogens (tertiary/aromatic N) is 4. The van der Waals surface area contributed by atoms with E-state index in [9.17, 15) is 10.1 Å². The Hall–Kier alpha value is -2.87. The normalized spacial score (nSPS) is 19.7. The van der Waals surface area contributed by atoms with Gasteiger partial charge in [0.2, 0.25) is 0 Å². The third-order valence-corrected chi connectivity index (χ3v) is 5.37. The Morgan fingerprint density at radius 1 is 1.23 bits per heavy atom. The molecule has 132 valence electrons. The molecule has 5 heteroatoms. The van der Waals surface area contributed by atoms with Crippen molar-refractivity contribution in [1.82, 2.24) is 14.7 Å². The highest BCUT2D eigenvalue weighted by molar-refractivity contribution is 6.09. The summed E-state index contributed by atoms with van der Waals surface area (Å²) in [5, 5.41) is 14.3. The highest BCUT2D eigenvalue weighted by Crippen LogP contribution is 2.37. The van der Waals surface area contributed by atoms with Crippen LogP contribution >= 0.6 is 0 Å². The van der Waals surface area contributed by atoms with Gasteiger partial charge in [-0.15, -0.1) is 0 Å². The van der Waals surface area contributed by atoms with Crippen molar-refractivity contribution in [3.05, 3.63) is 57.9 Å². The molecule has 0 bridgehead atoms. The van der Waals surface area contributed by atoms with Crippen LogP contribution < -0.4 is 0 Å². The van der Waals surface area contributed by atoms with Crippen LogP contribution in [0.4, 0.5) is 0 Å². The first kappa shape index (κ1) is 16.6. The van der Waals surface area contributed by atoms with E-state index in [4.69, 9.17) is 0 Å². The zero-order valence-electron chi connectivity index (χ0n) is 15.4. The minimum Gasteiger partial charge on any atom is -0.368 e. The van der Waals surface area contributed by atoms with E-state index >= 15 is 0 Å². The summed E-state index contributed by atoms with van der Waals surface area (Å²) in [5.41, 5.74) is 6.48. The van der Waals surface area contributed by atoms with Crippen molar-refractivity contribution in [2.45, 2.75) is 39.7 Å². The molecule has 0 radical (unpaired) electrons. The lowest BCUT2D eigenvalue weighted by Crippen LogP contribution is -2.27. The lowest BCUT2D eigenvalue weighted by atomic mass is 9.87. The Balaban J connectivity index is 1.74. The summed E-state index contributed by atoms with van der Waals surface area (Å²) in [5.74, 6) is -0.0755. The van der Waals surface area contributed by atoms with Gasteiger partial charge in [-0.3, -0.25) is 9.48 Å². The van der Waals surface area contributed by atoms with Crippen molar-refractivity contribution in [3.8, 4) is 6.07 Å². The second-order valence-corrected chi connectivity index (χ2v) is 7.36. The van der Waals surface area contributed by atoms with E-state index in [2.05, 4.69) is 39.8 Å². The number of benzene rings is 1. The molecule has 4 rings (SSSR count). The third-order valence-electron chi connectivity index (χ3n) is 5.37. The van der Waals surface area contributed by atoms with Crippen LogP contribution in [0, 0.1) is 32.1 Å². The molecule has 2 aliphatic rings. The monoisotopic (exact) mass is 346 g/mol. The number of hydrogen-bond acceptors (Lipinski definition) is 4. The molecule has 5 nitrogen and oxygen atoms in total. The average molecular weight is 346 g/mol. The van der Waals surface area contributed by atoms with Crippen LogP contribution in [-0.4, -0.2) is 33.6 Å². The van der Waals surface area contributed by atoms with Crippen LogP contribution in [0.15, 0.2) is 29.8 Å². The number of hydrogen-bond donors (Lipinski definition) is 0. The van der Waals surface area contributed by atoms with Gasteiger partial charge in [0.05, 0.1) is 17.4 Å². The predicted octanol–water partition coefficient (Wildman–Crippen LogP) is 3.12. The molecule has 0 unspecified atom stereocenters. The molecule has 1 aromatic carbocycles. The molecule has 1 atom stereocenters. The van der Waals surface area contributed by atoms with Gasteiger partial charge in [-0.2, -0.15) is 10.4 Å². The minimum atomic E-state index is -0.0755. The molecular formula is C21H22N4O. The molecule has 1 fully saturated rings. The first-order valence-electron chi connectivity index (χ1n) is 9.03. The Morgan fingerprint density at radius 2 is 2.04 bits per heavy atom. The average Bonchev–Trinajstić information content (AvgIpc) is 3.20. The summed E-state index contributed by atoms with van der Waals surface area (Å²) in [6.07, 6.45) is 1.27. The minimum absolute atomic E-state index is 0.0755. The maximum absolute atomic E-state index is 12.5. The highest BCUT2D eigenvalue weighted by Gasteiger charge is 2.34. The standard InChI is InChI=1S/C21H22N4O/c1-13-4-5-16-10-20(26)19(11-22)21(18(16)8-13)24-7-6-17(12-24)25-15(3)9-14(2)23-25/h4-5,8-9,17H,6-7,10,12H2,1-3H3/t17-/m1/s1. The van der Waals surface area contributed by atoms with Crippen LogP contribution in [0.2, 0.25) is 0 Å². The molecule has 26 heavy (non-hydrogen) atoms. The van der Waals surface area contributed by atoms with Crippen molar-refractivity contribution in [3.63, 3.8) is 0 Å². The second-order valence-electron chi connectivity index (χ2n) is 7.36. The Morgan fingerprint density at radius 3 is 2.73 bits per heavy atom. The fourth-order valence-electron chi connectivity index (χ4n) is 4.20. The van der Waals surface area contributed by atoms with E-state index in [1.165, 1.54) is 0 Å². The van der Waals surface area contributed by atoms with Gasteiger partial charge in [-0.25, -0.2) is 0 Å². The lowest BCUT2D eigenvalue weighted by molar-refractivity contribution is -0.114. The lowest BCUT2D eigenvalue weighted by Gasteiger charge is -2.28. The zero-order valence-corrected chi connectivity index (χ0v) is 15.4. The van der Waals surface area contributed by atoms with Gasteiger partial charge in [0.25, 0.3) is 0 Å². The summed E-state index contributed by atoms with van der Waals surface area (Å²) in [6.45, 7) is 7.72. The molecule has 1 aromatic heterocycles. The fraction of sp³-hybridized carbons (Fsp3) is 0.381. The molecule has 1 saturated heterocycles. The second kappa shape index (κ2) is 6.14. The van der Waals surface area contributed by atoms with Gasteiger partial charge < -0.3 is 4.90 Å². The molecule has 0 N–H and O–H groups in total. The number of carbonyl (C=O) groups excluding carboxylic acids is 1. The van der Waals surface area contributed by atoms with Gasteiger partial charge in [-0.1, -0.05) is 17.7 Å². The smallest absolute Gasteiger partial charge is 0.179 e. The fourth-order valence-corrected chi connectivity index (χ4v) is 4.20. The van der Waals surface area contributed by atoms with E-state index in [-0.39, 0.29) is 11.8 Å². The van der Waals surface area contributed by atoms with Gasteiger partial charge in [0.1, 0.15) is 11.6 Å². The van der Waals surface area contributed by atoms with E-state index in [0.29, 0.717) is 12.0 Å². The Labute approximate surface area is 153 Å². The molecule has 2 aromatic rings. The third kappa shape index (κ3) is 2.62. The molecule has 1 aliphatic carbocycles. The first-order valence-corrected chi connectivity index (χ1v) is 9.03. The SMILES string of the molecule is Cc1ccc2c(c1)C(N1CC[C@@H](n3nc(C)cc3C)C1)=C(C#N)C(=O)C2. The van der Waals surface area contributed by atoms with Crippen LogP contribution in [0.3, 0.4) is 0 Å². The number of allylic oxidation sites excluding steroid dienone is 1. The molecule has 1 aliphatic heterocycles. The molecule has 0 saturated carbocycles. The van der Waals surface area contributed by atoms with Crippen LogP contribution in [0.1, 0.15) is 40.5 Å². The van der Waals surface area contributed by atoms with Crippen molar-refractivity contribution in [2.24, 2.45) is 0 Å². The number of fused-ring (bicyclic) bond motifs is 1. The summed E-state index contributed by atoms with van der Waals surface area (Å²) < 4.78 is 2.09. The molecule has 0 amide bonds. The van der Waals surface area contributed by atoms with E-state index in [1.807, 2.05) is 26.0 Å². The number of aryl methyl sites for hydroxylation is 3. The Bertz CT molecular complexity index is 976. The van der Waals surface area contributed by atoms with Crippen LogP contribution in [0.25, 0.3) is 5.70 Å². The van der Waals surface area contributed by atoms with Crippen molar-refractivity contribution < 1.29 is 4.79 Å². The summed E-state index contributed by atoms with van der Waals surface area (Å²) in [6, 6.07) is 10.7. The van der Waals surface area contributed by atoms with Crippen LogP contribution in [0.5, 0.6) is 0 Å². The van der Waals surface area contributed by atoms with E-state index in [0.717, 1.165) is 53.3 Å². The van der Waals surface area contributed by atoms with Gasteiger partial charge in [0.15, 0.2) is 5.78 Å². The number of aromatic nitrogens is 2. The van der Waals surface area contributed by atoms with Crippen LogP contribution in [-0.2, 0) is 11.2 Å². The number of rotatable bonds is 2. The van der Waals surface area contributed by atoms with Crippen molar-refractivity contribution >= 4 is 11.5 Å². The number of likely N-dealkylation sites (tertiary alicyclic amines) is 1. The zero-order chi connectivity index (χ0) is 18.4. The summed E-state index contributed by atoms with van der Waals surface area (Å²) in [7, 11) is 0. The molecule has 2 heterocycles. The maximum atomic E-state index is 12.5. The van der Waals surface area contributed by atoms with Gasteiger partial charge in [-0.05, 0) is 44.9 Å². The van der Waals surface area contributed by atoms with Crippen molar-refractivity contribution in [2.75, 3.05) is 13.1 Å². The highest BCUT2D eigenvalue weighted by atomic mass is 16.1. The number of Topliss-reactive ketones (excluding diaryl/α,β-unsaturated/α-hetero) is 1. The van der Waals surface area contributed by atoms with Crippen molar-refractivity contribution in [1.29, 1.82) is 5.26 Å². The largest absolute Gasteiger partial charge is 0.368 e. The number of ketones is 1. The topological polar surface area (TPSA) is 61.9 Å². The first-order chi connectivity index (χ1) is 12.5. The maximum Gasteiger partial charge on any atom is 0.179 e. The number of carbonyl (C=O) groups is 1. The van der Waals surface area contributed by atoms with E-state index < -0.39 is 0 Å². The quantitative estimate of drug-likeness (QED) is 0.838. The molecular weight excluding hydrogens is 324 g/mol. The summed E-state index contributed by atoms with van der Waals surface area (Å²) in [4.78, 5) is 14.7. The predicted molar refractivity (Wildman–Crippen MR) is 99.4 cm³/mol. The molecule has 0 spiro atoms. The Kier molecular flexibility index (Phi) is 3.91. The van der Waals surface area contributed by atoms with Gasteiger partial charge >= 0.3 is 0 Å². The van der Waals surface area contributed by atoms with E-state index in [1.54, 1.807) is 0 Å². The summed E-state index contributed by atoms with van der Waals surface area (Å²) >= 11 is 0. The van der Waals surface area contributed by atoms with Gasteiger partial charge in [0, 0.05) is 30.8 Å². The number of nitriles is 1.